The highest BCUT2D eigenvalue weighted by Gasteiger charge is 2.10. The molecule has 18 heavy (non-hydrogen) atoms. The molecule has 2 rings (SSSR count). The predicted molar refractivity (Wildman–Crippen MR) is 67.1 cm³/mol. The van der Waals surface area contributed by atoms with Crippen molar-refractivity contribution in [1.29, 1.82) is 0 Å². The lowest BCUT2D eigenvalue weighted by atomic mass is 10.4. The van der Waals surface area contributed by atoms with E-state index in [0.29, 0.717) is 17.7 Å². The molecule has 0 saturated carbocycles. The van der Waals surface area contributed by atoms with Crippen molar-refractivity contribution in [3.05, 3.63) is 18.2 Å². The highest BCUT2D eigenvalue weighted by atomic mass is 32.2. The first-order valence-electron chi connectivity index (χ1n) is 5.73. The summed E-state index contributed by atoms with van der Waals surface area (Å²) in [7, 11) is 0. The fraction of sp³-hybridized carbons (Fsp3) is 0.600. The second-order valence-electron chi connectivity index (χ2n) is 4.08. The van der Waals surface area contributed by atoms with Crippen molar-refractivity contribution < 1.29 is 5.11 Å². The normalized spacial score (nSPS) is 11.3. The number of hydrogen-bond donors (Lipinski definition) is 1. The molecule has 8 heteroatoms. The van der Waals surface area contributed by atoms with E-state index >= 15 is 0 Å². The first-order chi connectivity index (χ1) is 8.72. The number of aromatic nitrogens is 6. The monoisotopic (exact) mass is 268 g/mol. The maximum Gasteiger partial charge on any atom is 0.209 e. The standard InChI is InChI=1S/C10H16N6OS/c1-8(2)15-7-11-5-9(15)6-18-10-12-13-14-16(10)3-4-17/h5,7-8,17H,3-4,6H2,1-2H3. The Balaban J connectivity index is 2.02. The molecule has 0 aliphatic heterocycles. The van der Waals surface area contributed by atoms with Gasteiger partial charge in [0, 0.05) is 23.7 Å². The Bertz CT molecular complexity index is 494. The summed E-state index contributed by atoms with van der Waals surface area (Å²) in [5.41, 5.74) is 1.13. The van der Waals surface area contributed by atoms with Gasteiger partial charge in [0.05, 0.1) is 19.5 Å². The van der Waals surface area contributed by atoms with Gasteiger partial charge in [0.1, 0.15) is 0 Å². The quantitative estimate of drug-likeness (QED) is 0.778. The molecule has 98 valence electrons. The van der Waals surface area contributed by atoms with Crippen LogP contribution in [0.3, 0.4) is 0 Å². The molecule has 2 aromatic rings. The maximum absolute atomic E-state index is 8.89. The van der Waals surface area contributed by atoms with Crippen molar-refractivity contribution in [3.8, 4) is 0 Å². The van der Waals surface area contributed by atoms with E-state index in [1.54, 1.807) is 4.68 Å². The fourth-order valence-electron chi connectivity index (χ4n) is 1.58. The molecule has 0 amide bonds. The number of thioether (sulfide) groups is 1. The van der Waals surface area contributed by atoms with Crippen molar-refractivity contribution >= 4 is 11.8 Å². The summed E-state index contributed by atoms with van der Waals surface area (Å²) in [4.78, 5) is 4.15. The van der Waals surface area contributed by atoms with Crippen LogP contribution in [0.25, 0.3) is 0 Å². The smallest absolute Gasteiger partial charge is 0.209 e. The third kappa shape index (κ3) is 2.88. The van der Waals surface area contributed by atoms with E-state index in [1.807, 2.05) is 12.5 Å². The Morgan fingerprint density at radius 2 is 2.28 bits per heavy atom. The number of rotatable bonds is 6. The SMILES string of the molecule is CC(C)n1cncc1CSc1nnnn1CCO. The van der Waals surface area contributed by atoms with E-state index in [9.17, 15) is 0 Å². The second-order valence-corrected chi connectivity index (χ2v) is 5.03. The van der Waals surface area contributed by atoms with Crippen molar-refractivity contribution in [1.82, 2.24) is 29.8 Å². The van der Waals surface area contributed by atoms with E-state index in [-0.39, 0.29) is 6.61 Å². The minimum atomic E-state index is 0.0303. The molecule has 2 heterocycles. The number of imidazole rings is 1. The van der Waals surface area contributed by atoms with Crippen molar-refractivity contribution in [3.63, 3.8) is 0 Å². The van der Waals surface area contributed by atoms with Gasteiger partial charge in [-0.05, 0) is 24.3 Å². The highest BCUT2D eigenvalue weighted by molar-refractivity contribution is 7.98. The Kier molecular flexibility index (Phi) is 4.32. The van der Waals surface area contributed by atoms with E-state index in [1.165, 1.54) is 11.8 Å². The second kappa shape index (κ2) is 5.96. The molecule has 0 aliphatic rings. The number of nitrogens with zero attached hydrogens (tertiary/aromatic N) is 6. The van der Waals surface area contributed by atoms with Gasteiger partial charge >= 0.3 is 0 Å². The van der Waals surface area contributed by atoms with E-state index < -0.39 is 0 Å². The highest BCUT2D eigenvalue weighted by Crippen LogP contribution is 2.21. The molecule has 0 aromatic carbocycles. The molecular weight excluding hydrogens is 252 g/mol. The Hall–Kier alpha value is -1.41. The van der Waals surface area contributed by atoms with Gasteiger partial charge in [-0.3, -0.25) is 0 Å². The Labute approximate surface area is 109 Å². The van der Waals surface area contributed by atoms with E-state index in [0.717, 1.165) is 11.4 Å². The average molecular weight is 268 g/mol. The number of tetrazole rings is 1. The lowest BCUT2D eigenvalue weighted by molar-refractivity contribution is 0.262. The van der Waals surface area contributed by atoms with Crippen molar-refractivity contribution in [2.45, 2.75) is 37.3 Å². The lowest BCUT2D eigenvalue weighted by Gasteiger charge is -2.10. The van der Waals surface area contributed by atoms with Gasteiger partial charge in [-0.15, -0.1) is 5.10 Å². The molecule has 0 spiro atoms. The minimum absolute atomic E-state index is 0.0303. The van der Waals surface area contributed by atoms with E-state index in [4.69, 9.17) is 5.11 Å². The molecular formula is C10H16N6OS. The zero-order chi connectivity index (χ0) is 13.0. The minimum Gasteiger partial charge on any atom is -0.394 e. The van der Waals surface area contributed by atoms with Crippen LogP contribution < -0.4 is 0 Å². The third-order valence-corrected chi connectivity index (χ3v) is 3.45. The van der Waals surface area contributed by atoms with Gasteiger partial charge in [0.2, 0.25) is 5.16 Å². The van der Waals surface area contributed by atoms with Gasteiger partial charge in [-0.1, -0.05) is 11.8 Å². The molecule has 0 bridgehead atoms. The zero-order valence-corrected chi connectivity index (χ0v) is 11.2. The van der Waals surface area contributed by atoms with Crippen LogP contribution in [0.5, 0.6) is 0 Å². The van der Waals surface area contributed by atoms with Crippen LogP contribution in [0.1, 0.15) is 25.6 Å². The lowest BCUT2D eigenvalue weighted by Crippen LogP contribution is -2.06. The first kappa shape index (κ1) is 13.0. The van der Waals surface area contributed by atoms with Crippen LogP contribution in [-0.4, -0.2) is 41.5 Å². The predicted octanol–water partition coefficient (Wildman–Crippen LogP) is 0.735. The molecule has 1 N–H and O–H groups in total. The van der Waals surface area contributed by atoms with Crippen LogP contribution in [0.4, 0.5) is 0 Å². The summed E-state index contributed by atoms with van der Waals surface area (Å²) in [6, 6.07) is 0.386. The molecule has 0 fully saturated rings. The summed E-state index contributed by atoms with van der Waals surface area (Å²) in [6.45, 7) is 4.68. The summed E-state index contributed by atoms with van der Waals surface area (Å²) >= 11 is 1.54. The molecule has 2 aromatic heterocycles. The Morgan fingerprint density at radius 3 is 3.00 bits per heavy atom. The zero-order valence-electron chi connectivity index (χ0n) is 10.4. The number of aliphatic hydroxyl groups excluding tert-OH is 1. The van der Waals surface area contributed by atoms with Gasteiger partial charge < -0.3 is 9.67 Å². The average Bonchev–Trinajstić information content (AvgIpc) is 2.95. The van der Waals surface area contributed by atoms with Crippen molar-refractivity contribution in [2.75, 3.05) is 6.61 Å². The van der Waals surface area contributed by atoms with Gasteiger partial charge in [-0.2, -0.15) is 0 Å². The largest absolute Gasteiger partial charge is 0.394 e. The third-order valence-electron chi connectivity index (χ3n) is 2.46. The summed E-state index contributed by atoms with van der Waals surface area (Å²) in [5.74, 6) is 0.754. The molecule has 0 radical (unpaired) electrons. The molecule has 0 aliphatic carbocycles. The maximum atomic E-state index is 8.89. The first-order valence-corrected chi connectivity index (χ1v) is 6.71. The van der Waals surface area contributed by atoms with Crippen LogP contribution >= 0.6 is 11.8 Å². The summed E-state index contributed by atoms with van der Waals surface area (Å²) < 4.78 is 3.72. The topological polar surface area (TPSA) is 81.7 Å². The van der Waals surface area contributed by atoms with Crippen molar-refractivity contribution in [2.24, 2.45) is 0 Å². The molecule has 7 nitrogen and oxygen atoms in total. The number of hydrogen-bond acceptors (Lipinski definition) is 6. The summed E-state index contributed by atoms with van der Waals surface area (Å²) in [6.07, 6.45) is 3.68. The van der Waals surface area contributed by atoms with E-state index in [2.05, 4.69) is 38.9 Å². The van der Waals surface area contributed by atoms with Crippen LogP contribution in [-0.2, 0) is 12.3 Å². The molecule has 0 atom stereocenters. The summed E-state index contributed by atoms with van der Waals surface area (Å²) in [5, 5.41) is 21.0. The van der Waals surface area contributed by atoms with Crippen LogP contribution in [0.15, 0.2) is 17.7 Å². The van der Waals surface area contributed by atoms with Crippen LogP contribution in [0.2, 0.25) is 0 Å². The van der Waals surface area contributed by atoms with Gasteiger partial charge in [-0.25, -0.2) is 9.67 Å². The molecule has 0 saturated heterocycles. The molecule has 0 unspecified atom stereocenters. The Morgan fingerprint density at radius 1 is 1.44 bits per heavy atom. The number of aliphatic hydroxyl groups is 1. The van der Waals surface area contributed by atoms with Gasteiger partial charge in [0.15, 0.2) is 0 Å². The van der Waals surface area contributed by atoms with Gasteiger partial charge in [0.25, 0.3) is 0 Å². The fourth-order valence-corrected chi connectivity index (χ4v) is 2.45. The van der Waals surface area contributed by atoms with Crippen LogP contribution in [0, 0.1) is 0 Å².